The highest BCUT2D eigenvalue weighted by Crippen LogP contribution is 2.34. The fourth-order valence-electron chi connectivity index (χ4n) is 3.27. The van der Waals surface area contributed by atoms with Crippen LogP contribution in [0.15, 0.2) is 35.0 Å². The number of nitrogens with one attached hydrogen (secondary N) is 1. The van der Waals surface area contributed by atoms with Gasteiger partial charge in [-0.25, -0.2) is 14.2 Å². The first-order chi connectivity index (χ1) is 14.3. The largest absolute Gasteiger partial charge is 0.470 e. The first-order valence-corrected chi connectivity index (χ1v) is 12.1. The first kappa shape index (κ1) is 20.8. The molecule has 2 aromatic heterocycles. The Bertz CT molecular complexity index is 1210. The van der Waals surface area contributed by atoms with Crippen LogP contribution in [0.1, 0.15) is 12.0 Å². The maximum Gasteiger partial charge on any atom is 0.239 e. The van der Waals surface area contributed by atoms with E-state index in [0.29, 0.717) is 47.0 Å². The molecule has 0 aliphatic carbocycles. The van der Waals surface area contributed by atoms with Crippen LogP contribution >= 0.6 is 11.6 Å². The molecule has 3 heterocycles. The summed E-state index contributed by atoms with van der Waals surface area (Å²) in [5, 5.41) is 4.47. The third-order valence-electron chi connectivity index (χ3n) is 4.49. The van der Waals surface area contributed by atoms with Gasteiger partial charge in [-0.15, -0.1) is 0 Å². The molecule has 1 saturated heterocycles. The van der Waals surface area contributed by atoms with Gasteiger partial charge in [0.15, 0.2) is 0 Å². The molecule has 0 unspecified atom stereocenters. The summed E-state index contributed by atoms with van der Waals surface area (Å²) in [6, 6.07) is 7.16. The Hall–Kier alpha value is -2.49. The molecule has 0 radical (unpaired) electrons. The molecule has 1 aliphatic rings. The number of benzene rings is 1. The topological polar surface area (TPSA) is 98.6 Å². The van der Waals surface area contributed by atoms with Crippen molar-refractivity contribution in [3.63, 3.8) is 0 Å². The summed E-state index contributed by atoms with van der Waals surface area (Å²) in [4.78, 5) is 13.1. The number of hydrogen-bond acceptors (Lipinski definition) is 8. The third-order valence-corrected chi connectivity index (χ3v) is 5.35. The molecular formula is C20H22ClN5O3S. The lowest BCUT2D eigenvalue weighted by Gasteiger charge is -2.16. The molecule has 0 spiro atoms. The highest BCUT2D eigenvalue weighted by molar-refractivity contribution is 7.92. The average molecular weight is 448 g/mol. The predicted molar refractivity (Wildman–Crippen MR) is 119 cm³/mol. The van der Waals surface area contributed by atoms with E-state index in [2.05, 4.69) is 24.6 Å². The zero-order valence-electron chi connectivity index (χ0n) is 16.9. The first-order valence-electron chi connectivity index (χ1n) is 9.39. The SMILES string of the molecule is Cc1cc(N=S(C)(C)=O)cc2ncnc(Nc3ccc(Cl)nc3O[C@H]3CCOC3)c12. The maximum atomic E-state index is 12.1. The van der Waals surface area contributed by atoms with Crippen molar-refractivity contribution in [3.8, 4) is 5.88 Å². The number of pyridine rings is 1. The number of nitrogens with zero attached hydrogens (tertiary/aromatic N) is 4. The molecule has 1 aliphatic heterocycles. The lowest BCUT2D eigenvalue weighted by molar-refractivity contribution is 0.138. The van der Waals surface area contributed by atoms with E-state index in [4.69, 9.17) is 21.1 Å². The molecule has 158 valence electrons. The van der Waals surface area contributed by atoms with E-state index < -0.39 is 9.73 Å². The Balaban J connectivity index is 1.73. The fourth-order valence-corrected chi connectivity index (χ4v) is 4.02. The second-order valence-electron chi connectivity index (χ2n) is 7.37. The summed E-state index contributed by atoms with van der Waals surface area (Å²) < 4.78 is 27.7. The van der Waals surface area contributed by atoms with Crippen molar-refractivity contribution < 1.29 is 13.7 Å². The summed E-state index contributed by atoms with van der Waals surface area (Å²) in [5.74, 6) is 1.00. The van der Waals surface area contributed by atoms with E-state index in [0.717, 1.165) is 17.4 Å². The number of aryl methyl sites for hydroxylation is 1. The number of fused-ring (bicyclic) bond motifs is 1. The van der Waals surface area contributed by atoms with Crippen LogP contribution in [0.4, 0.5) is 17.2 Å². The van der Waals surface area contributed by atoms with Gasteiger partial charge in [-0.2, -0.15) is 9.35 Å². The van der Waals surface area contributed by atoms with Crippen LogP contribution in [0, 0.1) is 6.92 Å². The van der Waals surface area contributed by atoms with Crippen molar-refractivity contribution in [3.05, 3.63) is 41.3 Å². The summed E-state index contributed by atoms with van der Waals surface area (Å²) in [6.45, 7) is 3.13. The lowest BCUT2D eigenvalue weighted by Crippen LogP contribution is -2.17. The Morgan fingerprint density at radius 1 is 1.30 bits per heavy atom. The average Bonchev–Trinajstić information content (AvgIpc) is 3.15. The highest BCUT2D eigenvalue weighted by atomic mass is 35.5. The van der Waals surface area contributed by atoms with Crippen LogP contribution in [-0.2, 0) is 14.5 Å². The Morgan fingerprint density at radius 3 is 2.87 bits per heavy atom. The van der Waals surface area contributed by atoms with E-state index in [9.17, 15) is 4.21 Å². The molecule has 0 bridgehead atoms. The number of aromatic nitrogens is 3. The van der Waals surface area contributed by atoms with Crippen molar-refractivity contribution in [2.45, 2.75) is 19.4 Å². The van der Waals surface area contributed by atoms with Crippen molar-refractivity contribution >= 4 is 49.4 Å². The molecule has 10 heteroatoms. The van der Waals surface area contributed by atoms with Crippen LogP contribution < -0.4 is 10.1 Å². The van der Waals surface area contributed by atoms with Gasteiger partial charge in [-0.3, -0.25) is 0 Å². The van der Waals surface area contributed by atoms with Crippen LogP contribution in [0.2, 0.25) is 5.15 Å². The minimum atomic E-state index is -2.27. The maximum absolute atomic E-state index is 12.1. The van der Waals surface area contributed by atoms with Crippen LogP contribution in [0.25, 0.3) is 10.9 Å². The fraction of sp³-hybridized carbons (Fsp3) is 0.350. The predicted octanol–water partition coefficient (Wildman–Crippen LogP) is 4.26. The van der Waals surface area contributed by atoms with E-state index in [-0.39, 0.29) is 6.10 Å². The number of anilines is 2. The number of hydrogen-bond donors (Lipinski definition) is 1. The van der Waals surface area contributed by atoms with E-state index in [1.807, 2.05) is 13.0 Å². The van der Waals surface area contributed by atoms with Crippen molar-refractivity contribution in [2.75, 3.05) is 31.0 Å². The van der Waals surface area contributed by atoms with Crippen molar-refractivity contribution in [1.29, 1.82) is 0 Å². The van der Waals surface area contributed by atoms with Gasteiger partial charge in [0, 0.05) is 34.0 Å². The van der Waals surface area contributed by atoms with Gasteiger partial charge < -0.3 is 14.8 Å². The molecule has 1 aromatic carbocycles. The molecule has 1 fully saturated rings. The summed E-state index contributed by atoms with van der Waals surface area (Å²) in [7, 11) is -2.27. The Kier molecular flexibility index (Phi) is 5.77. The number of ether oxygens (including phenoxy) is 2. The quantitative estimate of drug-likeness (QED) is 0.583. The molecule has 30 heavy (non-hydrogen) atoms. The normalized spacial score (nSPS) is 16.6. The zero-order valence-corrected chi connectivity index (χ0v) is 18.5. The van der Waals surface area contributed by atoms with Gasteiger partial charge in [-0.1, -0.05) is 11.6 Å². The van der Waals surface area contributed by atoms with Gasteiger partial charge in [0.1, 0.15) is 29.1 Å². The second kappa shape index (κ2) is 8.33. The number of halogens is 1. The highest BCUT2D eigenvalue weighted by Gasteiger charge is 2.20. The zero-order chi connectivity index (χ0) is 21.3. The monoisotopic (exact) mass is 447 g/mol. The van der Waals surface area contributed by atoms with E-state index in [1.54, 1.807) is 30.7 Å². The van der Waals surface area contributed by atoms with E-state index >= 15 is 0 Å². The standard InChI is InChI=1S/C20H22ClN5O3S/c1-12-8-13(26-30(2,3)27)9-16-18(12)19(23-11-22-16)24-15-4-5-17(21)25-20(15)29-14-6-7-28-10-14/h4-5,8-9,11,14H,6-7,10H2,1-3H3,(H,22,23,24)/t14-/m0/s1. The Morgan fingerprint density at radius 2 is 2.13 bits per heavy atom. The number of rotatable bonds is 5. The molecule has 0 amide bonds. The molecule has 0 saturated carbocycles. The van der Waals surface area contributed by atoms with Gasteiger partial charge in [0.05, 0.1) is 24.4 Å². The molecule has 4 rings (SSSR count). The van der Waals surface area contributed by atoms with Crippen molar-refractivity contribution in [1.82, 2.24) is 15.0 Å². The molecule has 3 aromatic rings. The van der Waals surface area contributed by atoms with Gasteiger partial charge in [-0.05, 0) is 36.8 Å². The molecule has 1 atom stereocenters. The second-order valence-corrected chi connectivity index (χ2v) is 10.3. The summed E-state index contributed by atoms with van der Waals surface area (Å²) in [6.07, 6.45) is 5.40. The molecular weight excluding hydrogens is 426 g/mol. The van der Waals surface area contributed by atoms with Crippen LogP contribution in [0.5, 0.6) is 5.88 Å². The third kappa shape index (κ3) is 4.80. The van der Waals surface area contributed by atoms with Gasteiger partial charge in [0.2, 0.25) is 5.88 Å². The minimum Gasteiger partial charge on any atom is -0.470 e. The molecule has 1 N–H and O–H groups in total. The lowest BCUT2D eigenvalue weighted by atomic mass is 10.1. The van der Waals surface area contributed by atoms with Crippen molar-refractivity contribution in [2.24, 2.45) is 4.36 Å². The molecule has 8 nitrogen and oxygen atoms in total. The van der Waals surface area contributed by atoms with Gasteiger partial charge >= 0.3 is 0 Å². The smallest absolute Gasteiger partial charge is 0.239 e. The summed E-state index contributed by atoms with van der Waals surface area (Å²) in [5.41, 5.74) is 2.87. The minimum absolute atomic E-state index is 0.0671. The van der Waals surface area contributed by atoms with E-state index in [1.165, 1.54) is 6.33 Å². The van der Waals surface area contributed by atoms with Crippen LogP contribution in [0.3, 0.4) is 0 Å². The van der Waals surface area contributed by atoms with Crippen LogP contribution in [-0.4, -0.2) is 51.0 Å². The van der Waals surface area contributed by atoms with Gasteiger partial charge in [0.25, 0.3) is 0 Å². The Labute approximate surface area is 180 Å². The summed E-state index contributed by atoms with van der Waals surface area (Å²) >= 11 is 6.09.